The monoisotopic (exact) mass is 501 g/mol. The summed E-state index contributed by atoms with van der Waals surface area (Å²) >= 11 is 0. The Kier molecular flexibility index (Phi) is 7.28. The number of nitrogens with zero attached hydrogens (tertiary/aromatic N) is 1. The average molecular weight is 501 g/mol. The fraction of sp³-hybridized carbons (Fsp3) is 0.148. The molecule has 0 saturated heterocycles. The van der Waals surface area contributed by atoms with Gasteiger partial charge in [-0.3, -0.25) is 24.1 Å². The molecule has 3 aromatic rings. The number of carbonyl (C=O) groups excluding carboxylic acids is 5. The number of anilines is 2. The summed E-state index contributed by atoms with van der Waals surface area (Å²) in [4.78, 5) is 63.6. The van der Waals surface area contributed by atoms with Crippen LogP contribution < -0.4 is 15.4 Å². The van der Waals surface area contributed by atoms with Crippen molar-refractivity contribution in [3.05, 3.63) is 89.5 Å². The third kappa shape index (κ3) is 5.32. The second-order valence-corrected chi connectivity index (χ2v) is 8.00. The van der Waals surface area contributed by atoms with Gasteiger partial charge in [-0.1, -0.05) is 24.3 Å². The molecule has 4 amide bonds. The minimum absolute atomic E-state index is 0.173. The first-order valence-electron chi connectivity index (χ1n) is 11.4. The van der Waals surface area contributed by atoms with Crippen LogP contribution in [0.5, 0.6) is 5.75 Å². The van der Waals surface area contributed by atoms with Gasteiger partial charge in [-0.15, -0.1) is 0 Å². The third-order valence-corrected chi connectivity index (χ3v) is 5.61. The van der Waals surface area contributed by atoms with Crippen LogP contribution in [-0.2, 0) is 9.53 Å². The van der Waals surface area contributed by atoms with E-state index in [1.54, 1.807) is 55.5 Å². The van der Waals surface area contributed by atoms with E-state index in [-0.39, 0.29) is 34.7 Å². The molecule has 1 heterocycles. The SMILES string of the molecule is CCOC(=O)Oc1ccc(C(=O)Nc2ccccc2NC(=O)C(C)N2C(=O)c3ccccc3C2=O)cc1. The highest BCUT2D eigenvalue weighted by molar-refractivity contribution is 6.23. The van der Waals surface area contributed by atoms with Crippen LogP contribution in [-0.4, -0.2) is 47.3 Å². The Labute approximate surface area is 212 Å². The van der Waals surface area contributed by atoms with E-state index in [1.165, 1.54) is 31.2 Å². The molecule has 4 rings (SSSR count). The van der Waals surface area contributed by atoms with Crippen molar-refractivity contribution in [2.24, 2.45) is 0 Å². The summed E-state index contributed by atoms with van der Waals surface area (Å²) in [5, 5.41) is 5.40. The molecule has 188 valence electrons. The van der Waals surface area contributed by atoms with Gasteiger partial charge in [-0.25, -0.2) is 4.79 Å². The summed E-state index contributed by atoms with van der Waals surface area (Å²) in [6.07, 6.45) is -0.847. The first-order valence-corrected chi connectivity index (χ1v) is 11.4. The standard InChI is InChI=1S/C27H23N3O7/c1-3-36-27(35)37-18-14-12-17(13-15-18)24(32)29-22-11-7-6-10-21(22)28-23(31)16(2)30-25(33)19-8-4-5-9-20(19)26(30)34/h4-16H,3H2,1-2H3,(H,28,31)(H,29,32). The second kappa shape index (κ2) is 10.7. The van der Waals surface area contributed by atoms with Gasteiger partial charge >= 0.3 is 6.16 Å². The Bertz CT molecular complexity index is 1350. The molecule has 0 radical (unpaired) electrons. The Morgan fingerprint density at radius 3 is 1.92 bits per heavy atom. The van der Waals surface area contributed by atoms with Crippen LogP contribution in [0, 0.1) is 0 Å². The van der Waals surface area contributed by atoms with Crippen molar-refractivity contribution in [1.29, 1.82) is 0 Å². The predicted octanol–water partition coefficient (Wildman–Crippen LogP) is 4.10. The molecule has 1 aliphatic heterocycles. The first kappa shape index (κ1) is 25.1. The molecular weight excluding hydrogens is 478 g/mol. The molecule has 1 aliphatic rings. The maximum Gasteiger partial charge on any atom is 0.513 e. The number of carbonyl (C=O) groups is 5. The van der Waals surface area contributed by atoms with Gasteiger partial charge in [0.15, 0.2) is 0 Å². The van der Waals surface area contributed by atoms with Gasteiger partial charge in [-0.05, 0) is 62.4 Å². The van der Waals surface area contributed by atoms with E-state index >= 15 is 0 Å². The molecule has 2 N–H and O–H groups in total. The number of hydrogen-bond acceptors (Lipinski definition) is 7. The van der Waals surface area contributed by atoms with E-state index in [4.69, 9.17) is 9.47 Å². The largest absolute Gasteiger partial charge is 0.513 e. The quantitative estimate of drug-likeness (QED) is 0.283. The van der Waals surface area contributed by atoms with Crippen LogP contribution in [0.3, 0.4) is 0 Å². The molecule has 0 fully saturated rings. The zero-order valence-corrected chi connectivity index (χ0v) is 20.0. The van der Waals surface area contributed by atoms with Gasteiger partial charge in [0.05, 0.1) is 29.1 Å². The number of amides is 4. The van der Waals surface area contributed by atoms with E-state index < -0.39 is 35.8 Å². The number of imide groups is 1. The Morgan fingerprint density at radius 1 is 0.811 bits per heavy atom. The first-order chi connectivity index (χ1) is 17.8. The number of hydrogen-bond donors (Lipinski definition) is 2. The molecule has 10 heteroatoms. The highest BCUT2D eigenvalue weighted by Gasteiger charge is 2.40. The van der Waals surface area contributed by atoms with Gasteiger partial charge in [0.1, 0.15) is 11.8 Å². The lowest BCUT2D eigenvalue weighted by Crippen LogP contribution is -2.45. The Balaban J connectivity index is 1.44. The fourth-order valence-electron chi connectivity index (χ4n) is 3.73. The zero-order chi connectivity index (χ0) is 26.5. The van der Waals surface area contributed by atoms with Gasteiger partial charge in [0.2, 0.25) is 5.91 Å². The number of ether oxygens (including phenoxy) is 2. The summed E-state index contributed by atoms with van der Waals surface area (Å²) in [7, 11) is 0. The minimum Gasteiger partial charge on any atom is -0.434 e. The molecule has 37 heavy (non-hydrogen) atoms. The maximum atomic E-state index is 13.0. The molecule has 1 unspecified atom stereocenters. The van der Waals surface area contributed by atoms with Crippen LogP contribution in [0.4, 0.5) is 16.2 Å². The number of benzene rings is 3. The highest BCUT2D eigenvalue weighted by atomic mass is 16.7. The van der Waals surface area contributed by atoms with E-state index in [9.17, 15) is 24.0 Å². The lowest BCUT2D eigenvalue weighted by Gasteiger charge is -2.22. The predicted molar refractivity (Wildman–Crippen MR) is 134 cm³/mol. The maximum absolute atomic E-state index is 13.0. The molecule has 0 saturated carbocycles. The summed E-state index contributed by atoms with van der Waals surface area (Å²) in [5.74, 6) is -1.94. The van der Waals surface area contributed by atoms with E-state index in [1.807, 2.05) is 0 Å². The lowest BCUT2D eigenvalue weighted by molar-refractivity contribution is -0.119. The van der Waals surface area contributed by atoms with Gasteiger partial charge in [0.25, 0.3) is 17.7 Å². The van der Waals surface area contributed by atoms with Crippen molar-refractivity contribution in [1.82, 2.24) is 4.90 Å². The van der Waals surface area contributed by atoms with Crippen molar-refractivity contribution in [3.8, 4) is 5.75 Å². The van der Waals surface area contributed by atoms with Crippen molar-refractivity contribution in [2.75, 3.05) is 17.2 Å². The van der Waals surface area contributed by atoms with Crippen LogP contribution in [0.2, 0.25) is 0 Å². The van der Waals surface area contributed by atoms with Crippen molar-refractivity contribution < 1.29 is 33.4 Å². The zero-order valence-electron chi connectivity index (χ0n) is 20.0. The average Bonchev–Trinajstić information content (AvgIpc) is 3.15. The molecule has 0 aliphatic carbocycles. The van der Waals surface area contributed by atoms with Gasteiger partial charge in [0, 0.05) is 5.56 Å². The van der Waals surface area contributed by atoms with Crippen molar-refractivity contribution >= 4 is 41.2 Å². The molecular formula is C27H23N3O7. The summed E-state index contributed by atoms with van der Waals surface area (Å²) in [6.45, 7) is 3.28. The van der Waals surface area contributed by atoms with Crippen LogP contribution in [0.15, 0.2) is 72.8 Å². The second-order valence-electron chi connectivity index (χ2n) is 8.00. The van der Waals surface area contributed by atoms with Crippen LogP contribution in [0.25, 0.3) is 0 Å². The van der Waals surface area contributed by atoms with Crippen LogP contribution >= 0.6 is 0 Å². The number of nitrogens with one attached hydrogen (secondary N) is 2. The topological polar surface area (TPSA) is 131 Å². The minimum atomic E-state index is -1.09. The van der Waals surface area contributed by atoms with Crippen molar-refractivity contribution in [2.45, 2.75) is 19.9 Å². The lowest BCUT2D eigenvalue weighted by atomic mass is 10.1. The van der Waals surface area contributed by atoms with Crippen molar-refractivity contribution in [3.63, 3.8) is 0 Å². The molecule has 1 atom stereocenters. The van der Waals surface area contributed by atoms with E-state index in [2.05, 4.69) is 10.6 Å². The summed E-state index contributed by atoms with van der Waals surface area (Å²) in [6, 6.07) is 17.6. The highest BCUT2D eigenvalue weighted by Crippen LogP contribution is 2.27. The Morgan fingerprint density at radius 2 is 1.35 bits per heavy atom. The van der Waals surface area contributed by atoms with E-state index in [0.717, 1.165) is 4.90 Å². The smallest absolute Gasteiger partial charge is 0.434 e. The third-order valence-electron chi connectivity index (χ3n) is 5.61. The van der Waals surface area contributed by atoms with E-state index in [0.29, 0.717) is 5.69 Å². The van der Waals surface area contributed by atoms with Crippen LogP contribution in [0.1, 0.15) is 44.9 Å². The number of rotatable bonds is 7. The molecule has 0 bridgehead atoms. The Hall–Kier alpha value is -4.99. The molecule has 0 aromatic heterocycles. The van der Waals surface area contributed by atoms with Gasteiger partial charge in [-0.2, -0.15) is 0 Å². The number of para-hydroxylation sites is 2. The normalized spacial score (nSPS) is 13.0. The summed E-state index contributed by atoms with van der Waals surface area (Å²) in [5.41, 5.74) is 1.36. The molecule has 3 aromatic carbocycles. The fourth-order valence-corrected chi connectivity index (χ4v) is 3.73. The number of fused-ring (bicyclic) bond motifs is 1. The molecule has 0 spiro atoms. The molecule has 10 nitrogen and oxygen atoms in total. The summed E-state index contributed by atoms with van der Waals surface area (Å²) < 4.78 is 9.69. The van der Waals surface area contributed by atoms with Gasteiger partial charge < -0.3 is 20.1 Å².